The summed E-state index contributed by atoms with van der Waals surface area (Å²) in [6, 6.07) is 6.94. The molecule has 7 heteroatoms. The lowest BCUT2D eigenvalue weighted by Crippen LogP contribution is -2.12. The minimum atomic E-state index is -3.67. The number of para-hydroxylation sites is 2. The van der Waals surface area contributed by atoms with E-state index in [1.165, 1.54) is 7.11 Å². The summed E-state index contributed by atoms with van der Waals surface area (Å²) >= 11 is 0. The van der Waals surface area contributed by atoms with Crippen LogP contribution in [0.4, 0.5) is 0 Å². The van der Waals surface area contributed by atoms with Crippen molar-refractivity contribution in [2.45, 2.75) is 0 Å². The van der Waals surface area contributed by atoms with E-state index in [-0.39, 0.29) is 17.2 Å². The van der Waals surface area contributed by atoms with Crippen molar-refractivity contribution in [3.05, 3.63) is 34.9 Å². The van der Waals surface area contributed by atoms with Gasteiger partial charge in [-0.15, -0.1) is 0 Å². The maximum atomic E-state index is 11.5. The Morgan fingerprint density at radius 1 is 1.28 bits per heavy atom. The molecule has 96 valence electrons. The van der Waals surface area contributed by atoms with Crippen LogP contribution in [0.2, 0.25) is 0 Å². The van der Waals surface area contributed by atoms with Gasteiger partial charge < -0.3 is 15.2 Å². The number of methoxy groups -OCH3 is 1. The van der Waals surface area contributed by atoms with Gasteiger partial charge in [0.25, 0.3) is 10.0 Å². The van der Waals surface area contributed by atoms with Gasteiger partial charge in [-0.25, -0.2) is 0 Å². The van der Waals surface area contributed by atoms with Crippen molar-refractivity contribution in [2.75, 3.05) is 13.7 Å². The highest BCUT2D eigenvalue weighted by Crippen LogP contribution is 2.27. The molecular formula is C11H12N2O4S. The van der Waals surface area contributed by atoms with Crippen molar-refractivity contribution in [1.29, 1.82) is 0 Å². The number of nitrogens with two attached hydrogens (primary N) is 1. The standard InChI is InChI=1S/C11H12N2O4S/c1-16-9-4-2-3-5-10(9)17-7-11-8(12)6-13-18(11,14)15/h2-6H,7,12H2,1H3. The molecule has 0 radical (unpaired) electrons. The summed E-state index contributed by atoms with van der Waals surface area (Å²) in [6.07, 6.45) is 1.11. The van der Waals surface area contributed by atoms with Crippen molar-refractivity contribution in [3.63, 3.8) is 0 Å². The van der Waals surface area contributed by atoms with Crippen LogP contribution in [0, 0.1) is 0 Å². The summed E-state index contributed by atoms with van der Waals surface area (Å²) in [5.41, 5.74) is 5.63. The van der Waals surface area contributed by atoms with Crippen LogP contribution in [0.25, 0.3) is 0 Å². The summed E-state index contributed by atoms with van der Waals surface area (Å²) < 4.78 is 36.8. The van der Waals surface area contributed by atoms with Crippen LogP contribution in [0.1, 0.15) is 0 Å². The quantitative estimate of drug-likeness (QED) is 0.866. The zero-order chi connectivity index (χ0) is 13.2. The van der Waals surface area contributed by atoms with Crippen LogP contribution in [-0.2, 0) is 10.0 Å². The van der Waals surface area contributed by atoms with Crippen LogP contribution in [-0.4, -0.2) is 28.3 Å². The Bertz CT molecular complexity index is 620. The summed E-state index contributed by atoms with van der Waals surface area (Å²) in [7, 11) is -2.16. The SMILES string of the molecule is COc1ccccc1OCC1=C(N)C=NS1(=O)=O. The molecule has 0 amide bonds. The molecule has 0 saturated carbocycles. The van der Waals surface area contributed by atoms with E-state index >= 15 is 0 Å². The molecule has 1 aliphatic rings. The molecule has 0 atom stereocenters. The number of nitrogens with zero attached hydrogens (tertiary/aromatic N) is 1. The van der Waals surface area contributed by atoms with Crippen LogP contribution in [0.15, 0.2) is 39.3 Å². The monoisotopic (exact) mass is 268 g/mol. The molecule has 2 N–H and O–H groups in total. The number of allylic oxidation sites excluding steroid dienone is 1. The Kier molecular flexibility index (Phi) is 3.24. The molecule has 0 spiro atoms. The van der Waals surface area contributed by atoms with E-state index in [4.69, 9.17) is 15.2 Å². The number of hydrogen-bond donors (Lipinski definition) is 1. The smallest absolute Gasteiger partial charge is 0.284 e. The molecule has 1 aromatic carbocycles. The highest BCUT2D eigenvalue weighted by molar-refractivity contribution is 7.94. The zero-order valence-electron chi connectivity index (χ0n) is 9.66. The molecule has 1 aliphatic heterocycles. The largest absolute Gasteiger partial charge is 0.493 e. The Hall–Kier alpha value is -2.02. The molecule has 2 rings (SSSR count). The van der Waals surface area contributed by atoms with Gasteiger partial charge in [0.1, 0.15) is 11.5 Å². The maximum Gasteiger partial charge on any atom is 0.284 e. The first-order chi connectivity index (χ1) is 8.54. The molecule has 0 aromatic heterocycles. The number of sulfonamides is 1. The Morgan fingerprint density at radius 3 is 2.50 bits per heavy atom. The molecular weight excluding hydrogens is 256 g/mol. The third-order valence-corrected chi connectivity index (χ3v) is 3.75. The normalized spacial score (nSPS) is 16.9. The molecule has 1 aromatic rings. The van der Waals surface area contributed by atoms with Crippen molar-refractivity contribution in [1.82, 2.24) is 0 Å². The first-order valence-electron chi connectivity index (χ1n) is 5.09. The molecule has 1 heterocycles. The molecule has 0 aliphatic carbocycles. The van der Waals surface area contributed by atoms with Crippen LogP contribution in [0.5, 0.6) is 11.5 Å². The van der Waals surface area contributed by atoms with Gasteiger partial charge in [0.15, 0.2) is 11.5 Å². The minimum Gasteiger partial charge on any atom is -0.493 e. The molecule has 18 heavy (non-hydrogen) atoms. The van der Waals surface area contributed by atoms with Crippen molar-refractivity contribution < 1.29 is 17.9 Å². The van der Waals surface area contributed by atoms with Gasteiger partial charge in [-0.1, -0.05) is 12.1 Å². The second-order valence-electron chi connectivity index (χ2n) is 3.53. The lowest BCUT2D eigenvalue weighted by Gasteiger charge is -2.10. The lowest BCUT2D eigenvalue weighted by molar-refractivity contribution is 0.323. The van der Waals surface area contributed by atoms with Gasteiger partial charge in [-0.05, 0) is 12.1 Å². The van der Waals surface area contributed by atoms with Gasteiger partial charge in [-0.2, -0.15) is 12.8 Å². The fourth-order valence-corrected chi connectivity index (χ4v) is 2.39. The first-order valence-corrected chi connectivity index (χ1v) is 6.53. The number of ether oxygens (including phenoxy) is 2. The molecule has 0 unspecified atom stereocenters. The number of rotatable bonds is 4. The third-order valence-electron chi connectivity index (χ3n) is 2.39. The second kappa shape index (κ2) is 4.69. The topological polar surface area (TPSA) is 91.0 Å². The van der Waals surface area contributed by atoms with Gasteiger partial charge in [0.2, 0.25) is 0 Å². The van der Waals surface area contributed by atoms with Crippen molar-refractivity contribution in [3.8, 4) is 11.5 Å². The number of hydrogen-bond acceptors (Lipinski definition) is 5. The van der Waals surface area contributed by atoms with Crippen LogP contribution in [0.3, 0.4) is 0 Å². The van der Waals surface area contributed by atoms with Crippen molar-refractivity contribution >= 4 is 16.2 Å². The fraction of sp³-hybridized carbons (Fsp3) is 0.182. The van der Waals surface area contributed by atoms with Crippen LogP contribution < -0.4 is 15.2 Å². The first kappa shape index (κ1) is 12.4. The van der Waals surface area contributed by atoms with Gasteiger partial charge in [0.05, 0.1) is 19.0 Å². The van der Waals surface area contributed by atoms with E-state index in [0.29, 0.717) is 11.5 Å². The third kappa shape index (κ3) is 2.30. The predicted molar refractivity (Wildman–Crippen MR) is 67.1 cm³/mol. The Labute approximate surface area is 105 Å². The molecule has 6 nitrogen and oxygen atoms in total. The predicted octanol–water partition coefficient (Wildman–Crippen LogP) is 0.659. The summed E-state index contributed by atoms with van der Waals surface area (Å²) in [5.74, 6) is 0.968. The van der Waals surface area contributed by atoms with E-state index < -0.39 is 10.0 Å². The van der Waals surface area contributed by atoms with E-state index in [9.17, 15) is 8.42 Å². The molecule has 0 fully saturated rings. The summed E-state index contributed by atoms with van der Waals surface area (Å²) in [5, 5.41) is 0. The van der Waals surface area contributed by atoms with Gasteiger partial charge in [0, 0.05) is 0 Å². The Morgan fingerprint density at radius 2 is 1.94 bits per heavy atom. The van der Waals surface area contributed by atoms with Gasteiger partial charge in [-0.3, -0.25) is 0 Å². The maximum absolute atomic E-state index is 11.5. The highest BCUT2D eigenvalue weighted by atomic mass is 32.2. The lowest BCUT2D eigenvalue weighted by atomic mass is 10.3. The summed E-state index contributed by atoms with van der Waals surface area (Å²) in [4.78, 5) is -0.0339. The fourth-order valence-electron chi connectivity index (χ4n) is 1.45. The summed E-state index contributed by atoms with van der Waals surface area (Å²) in [6.45, 7) is -0.172. The minimum absolute atomic E-state index is 0.0339. The second-order valence-corrected chi connectivity index (χ2v) is 5.18. The van der Waals surface area contributed by atoms with Crippen molar-refractivity contribution in [2.24, 2.45) is 10.1 Å². The van der Waals surface area contributed by atoms with Crippen LogP contribution >= 0.6 is 0 Å². The average Bonchev–Trinajstić information content (AvgIpc) is 2.62. The number of benzene rings is 1. The molecule has 0 bridgehead atoms. The molecule has 0 saturated heterocycles. The Balaban J connectivity index is 2.16. The average molecular weight is 268 g/mol. The van der Waals surface area contributed by atoms with Gasteiger partial charge >= 0.3 is 0 Å². The van der Waals surface area contributed by atoms with E-state index in [1.54, 1.807) is 24.3 Å². The highest BCUT2D eigenvalue weighted by Gasteiger charge is 2.25. The van der Waals surface area contributed by atoms with E-state index in [1.807, 2.05) is 0 Å². The zero-order valence-corrected chi connectivity index (χ0v) is 10.5. The van der Waals surface area contributed by atoms with E-state index in [0.717, 1.165) is 6.21 Å². The van der Waals surface area contributed by atoms with E-state index in [2.05, 4.69) is 4.40 Å².